The molecule has 1 aromatic carbocycles. The van der Waals surface area contributed by atoms with Crippen molar-refractivity contribution in [3.8, 4) is 0 Å². The fourth-order valence-corrected chi connectivity index (χ4v) is 7.59. The minimum absolute atomic E-state index is 0.229. The average Bonchev–Trinajstić information content (AvgIpc) is 3.71. The number of likely N-dealkylation sites (N-methyl/N-ethyl adjacent to an activating group) is 2. The second-order valence-electron chi connectivity index (χ2n) is 18.4. The highest BCUT2D eigenvalue weighted by molar-refractivity contribution is 6.07. The lowest BCUT2D eigenvalue weighted by molar-refractivity contribution is -0.156. The van der Waals surface area contributed by atoms with Crippen LogP contribution in [0, 0.1) is 0 Å². The normalized spacial score (nSPS) is 13.7. The number of fused-ring (bicyclic) bond motifs is 3. The third-order valence-electron chi connectivity index (χ3n) is 11.4. The lowest BCUT2D eigenvalue weighted by Crippen LogP contribution is -2.44. The van der Waals surface area contributed by atoms with E-state index in [4.69, 9.17) is 67.8 Å². The summed E-state index contributed by atoms with van der Waals surface area (Å²) in [6.07, 6.45) is 5.49. The van der Waals surface area contributed by atoms with E-state index in [1.807, 2.05) is 20.8 Å². The number of nitrogens with zero attached hydrogens (tertiary/aromatic N) is 6. The molecule has 0 unspecified atom stereocenters. The van der Waals surface area contributed by atoms with Gasteiger partial charge in [-0.25, -0.2) is 9.97 Å². The number of nitrogens with two attached hydrogens (primary N) is 1. The molecule has 1 aliphatic rings. The number of rotatable bonds is 42. The number of piperazine rings is 1. The molecule has 2 aromatic heterocycles. The number of hydrogen-bond acceptors (Lipinski definition) is 18. The zero-order valence-corrected chi connectivity index (χ0v) is 43.7. The molecular weight excluding hydrogens is 903 g/mol. The second-order valence-corrected chi connectivity index (χ2v) is 18.4. The number of carbonyl (C=O) groups is 1. The predicted molar refractivity (Wildman–Crippen MR) is 273 cm³/mol. The molecule has 400 valence electrons. The standard InChI is InChI=1S/C51H89N7O12/c1-7-8-11-46-54-48-49(44-42-43(12-13-45(44)53-50(48)52)57-19-17-56(6)18-20-57)58(46)16-10-9-15-55(5)21-23-61-25-27-63-29-31-65-33-35-67-37-39-69-41-40-68-38-36-66-34-32-64-30-28-62-26-24-60-22-14-47(59)70-51(2,3)4/h12-13,42H,7-11,14-41H2,1-6H3,(H2,52,53). The van der Waals surface area contributed by atoms with Gasteiger partial charge in [0.2, 0.25) is 0 Å². The Kier molecular flexibility index (Phi) is 30.3. The van der Waals surface area contributed by atoms with Gasteiger partial charge in [0.15, 0.2) is 5.82 Å². The van der Waals surface area contributed by atoms with Gasteiger partial charge in [-0.05, 0) is 78.9 Å². The third kappa shape index (κ3) is 24.9. The number of anilines is 2. The van der Waals surface area contributed by atoms with Gasteiger partial charge in [-0.1, -0.05) is 13.3 Å². The molecule has 3 heterocycles. The monoisotopic (exact) mass is 992 g/mol. The van der Waals surface area contributed by atoms with Crippen LogP contribution in [-0.2, 0) is 69.9 Å². The highest BCUT2D eigenvalue weighted by atomic mass is 16.6. The number of imidazole rings is 1. The number of esters is 1. The van der Waals surface area contributed by atoms with Crippen molar-refractivity contribution in [3.05, 3.63) is 24.0 Å². The lowest BCUT2D eigenvalue weighted by atomic mass is 10.1. The molecule has 0 saturated carbocycles. The van der Waals surface area contributed by atoms with E-state index < -0.39 is 5.60 Å². The van der Waals surface area contributed by atoms with E-state index in [-0.39, 0.29) is 12.4 Å². The fourth-order valence-electron chi connectivity index (χ4n) is 7.59. The summed E-state index contributed by atoms with van der Waals surface area (Å²) in [4.78, 5) is 28.7. The molecule has 0 bridgehead atoms. The lowest BCUT2D eigenvalue weighted by Gasteiger charge is -2.34. The first-order chi connectivity index (χ1) is 34.1. The van der Waals surface area contributed by atoms with Crippen molar-refractivity contribution in [2.75, 3.05) is 196 Å². The maximum absolute atomic E-state index is 11.6. The predicted octanol–water partition coefficient (Wildman–Crippen LogP) is 4.87. The summed E-state index contributed by atoms with van der Waals surface area (Å²) in [6.45, 7) is 24.5. The first kappa shape index (κ1) is 59.3. The first-order valence-electron chi connectivity index (χ1n) is 25.8. The highest BCUT2D eigenvalue weighted by Crippen LogP contribution is 2.33. The first-order valence-corrected chi connectivity index (χ1v) is 25.8. The molecule has 2 N–H and O–H groups in total. The van der Waals surface area contributed by atoms with Gasteiger partial charge in [-0.2, -0.15) is 0 Å². The number of aryl methyl sites for hydroxylation is 2. The van der Waals surface area contributed by atoms with Gasteiger partial charge in [-0.15, -0.1) is 0 Å². The summed E-state index contributed by atoms with van der Waals surface area (Å²) in [7, 11) is 4.34. The molecule has 19 nitrogen and oxygen atoms in total. The van der Waals surface area contributed by atoms with Crippen LogP contribution < -0.4 is 10.6 Å². The molecule has 70 heavy (non-hydrogen) atoms. The molecule has 0 radical (unpaired) electrons. The van der Waals surface area contributed by atoms with E-state index in [9.17, 15) is 4.79 Å². The van der Waals surface area contributed by atoms with E-state index in [2.05, 4.69) is 58.5 Å². The van der Waals surface area contributed by atoms with Crippen molar-refractivity contribution in [2.45, 2.75) is 78.4 Å². The molecule has 3 aromatic rings. The minimum atomic E-state index is -0.479. The molecule has 0 amide bonds. The molecule has 1 aliphatic heterocycles. The summed E-state index contributed by atoms with van der Waals surface area (Å²) >= 11 is 0. The fraction of sp³-hybridized carbons (Fsp3) is 0.784. The third-order valence-corrected chi connectivity index (χ3v) is 11.4. The Morgan fingerprint density at radius 1 is 0.643 bits per heavy atom. The Hall–Kier alpha value is -3.31. The molecule has 0 atom stereocenters. The quantitative estimate of drug-likeness (QED) is 0.0598. The number of pyridine rings is 1. The topological polar surface area (TPSA) is 185 Å². The molecular formula is C51H89N7O12. The Morgan fingerprint density at radius 2 is 1.13 bits per heavy atom. The van der Waals surface area contributed by atoms with Crippen molar-refractivity contribution in [1.82, 2.24) is 24.3 Å². The molecule has 0 aliphatic carbocycles. The molecule has 1 fully saturated rings. The van der Waals surface area contributed by atoms with Gasteiger partial charge < -0.3 is 77.1 Å². The van der Waals surface area contributed by atoms with Crippen molar-refractivity contribution in [2.24, 2.45) is 0 Å². The number of nitrogen functional groups attached to an aromatic ring is 1. The van der Waals surface area contributed by atoms with Gasteiger partial charge >= 0.3 is 5.97 Å². The highest BCUT2D eigenvalue weighted by Gasteiger charge is 2.20. The Bertz CT molecular complexity index is 1820. The van der Waals surface area contributed by atoms with Gasteiger partial charge in [0.05, 0.1) is 150 Å². The Labute approximate surface area is 418 Å². The van der Waals surface area contributed by atoms with E-state index in [0.717, 1.165) is 106 Å². The maximum Gasteiger partial charge on any atom is 0.308 e. The second kappa shape index (κ2) is 35.7. The minimum Gasteiger partial charge on any atom is -0.460 e. The van der Waals surface area contributed by atoms with Crippen molar-refractivity contribution >= 4 is 39.4 Å². The summed E-state index contributed by atoms with van der Waals surface area (Å²) in [6, 6.07) is 6.62. The van der Waals surface area contributed by atoms with Crippen LogP contribution in [0.3, 0.4) is 0 Å². The van der Waals surface area contributed by atoms with Gasteiger partial charge in [0.25, 0.3) is 0 Å². The average molecular weight is 992 g/mol. The van der Waals surface area contributed by atoms with E-state index >= 15 is 0 Å². The number of carbonyl (C=O) groups excluding carboxylic acids is 1. The van der Waals surface area contributed by atoms with Crippen LogP contribution in [0.1, 0.15) is 65.6 Å². The van der Waals surface area contributed by atoms with Crippen molar-refractivity contribution in [1.29, 1.82) is 0 Å². The zero-order valence-electron chi connectivity index (χ0n) is 43.7. The molecule has 1 saturated heterocycles. The van der Waals surface area contributed by atoms with Gasteiger partial charge in [0.1, 0.15) is 16.9 Å². The molecule has 0 spiro atoms. The van der Waals surface area contributed by atoms with Crippen LogP contribution in [-0.4, -0.2) is 221 Å². The largest absolute Gasteiger partial charge is 0.460 e. The summed E-state index contributed by atoms with van der Waals surface area (Å²) in [5.74, 6) is 1.36. The smallest absolute Gasteiger partial charge is 0.308 e. The Balaban J connectivity index is 0.890. The number of benzene rings is 1. The van der Waals surface area contributed by atoms with Crippen LogP contribution in [0.25, 0.3) is 21.9 Å². The van der Waals surface area contributed by atoms with Crippen molar-refractivity contribution in [3.63, 3.8) is 0 Å². The van der Waals surface area contributed by atoms with Crippen LogP contribution in [0.4, 0.5) is 11.5 Å². The van der Waals surface area contributed by atoms with Crippen LogP contribution in [0.15, 0.2) is 18.2 Å². The number of ether oxygens (including phenoxy) is 11. The summed E-state index contributed by atoms with van der Waals surface area (Å²) in [5.41, 5.74) is 10.2. The summed E-state index contributed by atoms with van der Waals surface area (Å²) < 4.78 is 63.3. The van der Waals surface area contributed by atoms with Gasteiger partial charge in [-0.3, -0.25) is 4.79 Å². The zero-order chi connectivity index (χ0) is 50.1. The van der Waals surface area contributed by atoms with E-state index in [1.54, 1.807) is 0 Å². The number of hydrogen-bond donors (Lipinski definition) is 1. The van der Waals surface area contributed by atoms with Crippen LogP contribution in [0.5, 0.6) is 0 Å². The number of aromatic nitrogens is 3. The molecule has 4 rings (SSSR count). The van der Waals surface area contributed by atoms with E-state index in [0.29, 0.717) is 138 Å². The Morgan fingerprint density at radius 3 is 1.61 bits per heavy atom. The van der Waals surface area contributed by atoms with E-state index in [1.165, 1.54) is 5.69 Å². The summed E-state index contributed by atoms with van der Waals surface area (Å²) in [5, 5.41) is 1.14. The van der Waals surface area contributed by atoms with Crippen molar-refractivity contribution < 1.29 is 56.9 Å². The maximum atomic E-state index is 11.6. The van der Waals surface area contributed by atoms with Crippen LogP contribution >= 0.6 is 0 Å². The number of unbranched alkanes of at least 4 members (excludes halogenated alkanes) is 2. The SMILES string of the molecule is CCCCc1nc2c(N)nc3ccc(N4CCN(C)CC4)cc3c2n1CCCCN(C)CCOCCOCCOCCOCCOCCOCCOCCOCCOCCOCCC(=O)OC(C)(C)C. The molecule has 19 heteroatoms. The van der Waals surface area contributed by atoms with Crippen LogP contribution in [0.2, 0.25) is 0 Å². The van der Waals surface area contributed by atoms with Gasteiger partial charge in [0, 0.05) is 56.8 Å².